The van der Waals surface area contributed by atoms with E-state index in [0.29, 0.717) is 17.8 Å². The largest absolute Gasteiger partial charge is 0.337 e. The molecule has 0 N–H and O–H groups in total. The van der Waals surface area contributed by atoms with Crippen molar-refractivity contribution in [3.05, 3.63) is 41.3 Å². The number of nitrogens with zero attached hydrogens (tertiary/aromatic N) is 4. The molecule has 0 saturated carbocycles. The van der Waals surface area contributed by atoms with Crippen molar-refractivity contribution in [3.8, 4) is 0 Å². The van der Waals surface area contributed by atoms with Crippen LogP contribution in [-0.2, 0) is 27.1 Å². The Morgan fingerprint density at radius 1 is 0.893 bits per heavy atom. The highest BCUT2D eigenvalue weighted by Crippen LogP contribution is 2.24. The Hall–Kier alpha value is -1.75. The first-order chi connectivity index (χ1) is 13.0. The minimum Gasteiger partial charge on any atom is -0.337 e. The molecule has 1 aromatic heterocycles. The quantitative estimate of drug-likeness (QED) is 0.737. The Morgan fingerprint density at radius 2 is 1.50 bits per heavy atom. The molecule has 2 aromatic rings. The fourth-order valence-corrected chi connectivity index (χ4v) is 6.53. The molecule has 3 rings (SSSR count). The van der Waals surface area contributed by atoms with Crippen molar-refractivity contribution >= 4 is 20.0 Å². The minimum absolute atomic E-state index is 0.00154. The van der Waals surface area contributed by atoms with Crippen molar-refractivity contribution in [2.45, 2.75) is 37.1 Å². The summed E-state index contributed by atoms with van der Waals surface area (Å²) < 4.78 is 56.4. The predicted molar refractivity (Wildman–Crippen MR) is 106 cm³/mol. The number of imidazole rings is 1. The maximum Gasteiger partial charge on any atom is 0.262 e. The first kappa shape index (κ1) is 21.0. The van der Waals surface area contributed by atoms with Gasteiger partial charge in [-0.2, -0.15) is 8.61 Å². The fourth-order valence-electron chi connectivity index (χ4n) is 3.26. The van der Waals surface area contributed by atoms with Crippen LogP contribution in [0.4, 0.5) is 0 Å². The predicted octanol–water partition coefficient (Wildman–Crippen LogP) is 1.43. The summed E-state index contributed by atoms with van der Waals surface area (Å²) in [6.07, 6.45) is 1.91. The molecule has 1 aromatic carbocycles. The molecule has 28 heavy (non-hydrogen) atoms. The van der Waals surface area contributed by atoms with Crippen molar-refractivity contribution < 1.29 is 16.8 Å². The Morgan fingerprint density at radius 3 is 2.07 bits per heavy atom. The Bertz CT molecular complexity index is 1070. The van der Waals surface area contributed by atoms with Gasteiger partial charge in [-0.1, -0.05) is 12.1 Å². The highest BCUT2D eigenvalue weighted by Gasteiger charge is 2.33. The third-order valence-electron chi connectivity index (χ3n) is 5.07. The molecule has 0 amide bonds. The van der Waals surface area contributed by atoms with E-state index in [2.05, 4.69) is 4.98 Å². The van der Waals surface area contributed by atoms with Gasteiger partial charge in [0.15, 0.2) is 5.03 Å². The lowest BCUT2D eigenvalue weighted by Gasteiger charge is -2.22. The van der Waals surface area contributed by atoms with Gasteiger partial charge in [0, 0.05) is 39.4 Å². The van der Waals surface area contributed by atoms with Gasteiger partial charge in [0.1, 0.15) is 5.82 Å². The normalized spacial score (nSPS) is 17.6. The smallest absolute Gasteiger partial charge is 0.262 e. The van der Waals surface area contributed by atoms with Crippen LogP contribution in [0.15, 0.2) is 34.3 Å². The van der Waals surface area contributed by atoms with Gasteiger partial charge in [-0.25, -0.2) is 21.8 Å². The second kappa shape index (κ2) is 7.58. The number of sulfonamides is 2. The average Bonchev–Trinajstić information content (AvgIpc) is 2.84. The molecule has 0 bridgehead atoms. The number of benzene rings is 1. The Labute approximate surface area is 166 Å². The first-order valence-corrected chi connectivity index (χ1v) is 12.0. The van der Waals surface area contributed by atoms with Crippen LogP contribution < -0.4 is 0 Å². The van der Waals surface area contributed by atoms with Crippen LogP contribution >= 0.6 is 0 Å². The molecular formula is C18H26N4O4S2. The number of hydrogen-bond acceptors (Lipinski definition) is 5. The molecule has 0 radical (unpaired) electrons. The van der Waals surface area contributed by atoms with Crippen LogP contribution in [0.1, 0.15) is 23.4 Å². The van der Waals surface area contributed by atoms with Crippen LogP contribution in [-0.4, -0.2) is 61.2 Å². The lowest BCUT2D eigenvalue weighted by Crippen LogP contribution is -2.37. The summed E-state index contributed by atoms with van der Waals surface area (Å²) >= 11 is 0. The summed E-state index contributed by atoms with van der Waals surface area (Å²) in [5.74, 6) is 0.604. The number of aryl methyl sites for hydroxylation is 4. The van der Waals surface area contributed by atoms with Crippen LogP contribution in [0.5, 0.6) is 0 Å². The van der Waals surface area contributed by atoms with Crippen LogP contribution in [0.2, 0.25) is 0 Å². The van der Waals surface area contributed by atoms with Crippen molar-refractivity contribution in [3.63, 3.8) is 0 Å². The highest BCUT2D eigenvalue weighted by molar-refractivity contribution is 7.89. The molecular weight excluding hydrogens is 400 g/mol. The molecule has 1 aliphatic rings. The SMILES string of the molecule is Cc1ccc(C)c(S(=O)(=O)N2CCCN(S(=O)(=O)c3cn(C)c(C)n3)CC2)c1. The molecule has 0 aliphatic carbocycles. The van der Waals surface area contributed by atoms with Crippen LogP contribution in [0.25, 0.3) is 0 Å². The van der Waals surface area contributed by atoms with Crippen molar-refractivity contribution in [2.24, 2.45) is 7.05 Å². The van der Waals surface area contributed by atoms with Crippen LogP contribution in [0.3, 0.4) is 0 Å². The fraction of sp³-hybridized carbons (Fsp3) is 0.500. The summed E-state index contributed by atoms with van der Waals surface area (Å²) in [6.45, 7) is 6.11. The van der Waals surface area contributed by atoms with Gasteiger partial charge in [-0.15, -0.1) is 0 Å². The summed E-state index contributed by atoms with van der Waals surface area (Å²) in [4.78, 5) is 4.41. The maximum atomic E-state index is 13.1. The van der Waals surface area contributed by atoms with E-state index in [1.807, 2.05) is 13.0 Å². The summed E-state index contributed by atoms with van der Waals surface area (Å²) in [5.41, 5.74) is 1.55. The van der Waals surface area contributed by atoms with Gasteiger partial charge in [0.2, 0.25) is 10.0 Å². The number of rotatable bonds is 4. The van der Waals surface area contributed by atoms with Crippen LogP contribution in [0, 0.1) is 20.8 Å². The third-order valence-corrected chi connectivity index (χ3v) is 8.88. The van der Waals surface area contributed by atoms with Gasteiger partial charge in [0.25, 0.3) is 10.0 Å². The molecule has 8 nitrogen and oxygen atoms in total. The molecule has 1 aliphatic heterocycles. The molecule has 1 saturated heterocycles. The van der Waals surface area contributed by atoms with Gasteiger partial charge in [0.05, 0.1) is 4.90 Å². The van der Waals surface area contributed by atoms with E-state index in [4.69, 9.17) is 0 Å². The highest BCUT2D eigenvalue weighted by atomic mass is 32.2. The monoisotopic (exact) mass is 426 g/mol. The Balaban J connectivity index is 1.84. The second-order valence-corrected chi connectivity index (χ2v) is 11.0. The lowest BCUT2D eigenvalue weighted by atomic mass is 10.2. The van der Waals surface area contributed by atoms with E-state index in [9.17, 15) is 16.8 Å². The molecule has 0 spiro atoms. The lowest BCUT2D eigenvalue weighted by molar-refractivity contribution is 0.403. The van der Waals surface area contributed by atoms with Gasteiger partial charge >= 0.3 is 0 Å². The van der Waals surface area contributed by atoms with Crippen molar-refractivity contribution in [1.82, 2.24) is 18.2 Å². The van der Waals surface area contributed by atoms with E-state index in [1.54, 1.807) is 37.6 Å². The minimum atomic E-state index is -3.76. The standard InChI is InChI=1S/C18H26N4O4S2/c1-14-6-7-15(2)17(12-14)27(23,24)21-8-5-9-22(11-10-21)28(25,26)18-13-20(4)16(3)19-18/h6-7,12-13H,5,8-11H2,1-4H3. The van der Waals surface area contributed by atoms with E-state index in [-0.39, 0.29) is 36.1 Å². The third kappa shape index (κ3) is 3.86. The number of hydrogen-bond donors (Lipinski definition) is 0. The molecule has 2 heterocycles. The zero-order chi connectivity index (χ0) is 20.7. The topological polar surface area (TPSA) is 92.6 Å². The zero-order valence-corrected chi connectivity index (χ0v) is 18.2. The Kier molecular flexibility index (Phi) is 5.68. The van der Waals surface area contributed by atoms with Gasteiger partial charge < -0.3 is 4.57 Å². The summed E-state index contributed by atoms with van der Waals surface area (Å²) in [6, 6.07) is 5.33. The molecule has 1 fully saturated rings. The molecule has 0 atom stereocenters. The average molecular weight is 427 g/mol. The van der Waals surface area contributed by atoms with Gasteiger partial charge in [-0.05, 0) is 44.4 Å². The molecule has 10 heteroatoms. The van der Waals surface area contributed by atoms with E-state index in [0.717, 1.165) is 5.56 Å². The molecule has 154 valence electrons. The summed E-state index contributed by atoms with van der Waals surface area (Å²) in [7, 11) is -5.70. The van der Waals surface area contributed by atoms with Crippen molar-refractivity contribution in [1.29, 1.82) is 0 Å². The second-order valence-electron chi connectivity index (χ2n) is 7.17. The molecule has 0 unspecified atom stereocenters. The zero-order valence-electron chi connectivity index (χ0n) is 16.6. The first-order valence-electron chi connectivity index (χ1n) is 9.11. The van der Waals surface area contributed by atoms with E-state index < -0.39 is 20.0 Å². The van der Waals surface area contributed by atoms with Crippen molar-refractivity contribution in [2.75, 3.05) is 26.2 Å². The van der Waals surface area contributed by atoms with E-state index >= 15 is 0 Å². The van der Waals surface area contributed by atoms with E-state index in [1.165, 1.54) is 14.8 Å². The maximum absolute atomic E-state index is 13.1. The van der Waals surface area contributed by atoms with Gasteiger partial charge in [-0.3, -0.25) is 0 Å². The summed E-state index contributed by atoms with van der Waals surface area (Å²) in [5, 5.41) is -0.00154. The number of aromatic nitrogens is 2.